The van der Waals surface area contributed by atoms with E-state index < -0.39 is 10.8 Å². The van der Waals surface area contributed by atoms with Gasteiger partial charge in [-0.25, -0.2) is 0 Å². The largest absolute Gasteiger partial charge is 0.493 e. The van der Waals surface area contributed by atoms with Crippen molar-refractivity contribution in [1.29, 1.82) is 0 Å². The summed E-state index contributed by atoms with van der Waals surface area (Å²) in [5, 5.41) is 14.0. The standard InChI is InChI=1S/C20H23N3O6/c1-5-29-18-10-15(16(23(26)27)11-17(18)28-4)19(24)21-12-13-6-8-14(9-7-13)20(25)22(2)3/h6-11H,5,12H2,1-4H3,(H,21,24). The zero-order valence-corrected chi connectivity index (χ0v) is 16.7. The topological polar surface area (TPSA) is 111 Å². The van der Waals surface area contributed by atoms with E-state index in [0.717, 1.165) is 5.56 Å². The summed E-state index contributed by atoms with van der Waals surface area (Å²) in [6.07, 6.45) is 0. The second-order valence-electron chi connectivity index (χ2n) is 6.29. The Morgan fingerprint density at radius 2 is 1.79 bits per heavy atom. The first-order valence-corrected chi connectivity index (χ1v) is 8.86. The lowest BCUT2D eigenvalue weighted by Gasteiger charge is -2.12. The molecule has 0 radical (unpaired) electrons. The number of hydrogen-bond acceptors (Lipinski definition) is 6. The maximum atomic E-state index is 12.6. The number of carbonyl (C=O) groups is 2. The number of nitro groups is 1. The van der Waals surface area contributed by atoms with Crippen molar-refractivity contribution in [3.63, 3.8) is 0 Å². The molecule has 2 aromatic rings. The molecule has 9 heteroatoms. The second kappa shape index (κ2) is 9.54. The van der Waals surface area contributed by atoms with Crippen LogP contribution < -0.4 is 14.8 Å². The van der Waals surface area contributed by atoms with E-state index in [2.05, 4.69) is 5.32 Å². The van der Waals surface area contributed by atoms with E-state index in [4.69, 9.17) is 9.47 Å². The summed E-state index contributed by atoms with van der Waals surface area (Å²) in [7, 11) is 4.69. The van der Waals surface area contributed by atoms with Crippen molar-refractivity contribution in [3.8, 4) is 11.5 Å². The number of benzene rings is 2. The first-order chi connectivity index (χ1) is 13.8. The molecule has 2 rings (SSSR count). The van der Waals surface area contributed by atoms with Gasteiger partial charge < -0.3 is 19.7 Å². The maximum absolute atomic E-state index is 12.6. The van der Waals surface area contributed by atoms with Gasteiger partial charge in [0, 0.05) is 32.3 Å². The number of rotatable bonds is 8. The Kier molecular flexibility index (Phi) is 7.13. The molecule has 0 aliphatic heterocycles. The zero-order chi connectivity index (χ0) is 21.6. The molecule has 2 aromatic carbocycles. The van der Waals surface area contributed by atoms with E-state index in [9.17, 15) is 19.7 Å². The van der Waals surface area contributed by atoms with Gasteiger partial charge in [0.05, 0.1) is 24.7 Å². The van der Waals surface area contributed by atoms with Gasteiger partial charge in [-0.05, 0) is 24.6 Å². The quantitative estimate of drug-likeness (QED) is 0.538. The van der Waals surface area contributed by atoms with Crippen molar-refractivity contribution in [2.45, 2.75) is 13.5 Å². The fourth-order valence-corrected chi connectivity index (χ4v) is 2.61. The van der Waals surface area contributed by atoms with Crippen LogP contribution in [-0.4, -0.2) is 49.4 Å². The number of nitrogens with zero attached hydrogens (tertiary/aromatic N) is 2. The average Bonchev–Trinajstić information content (AvgIpc) is 2.71. The molecule has 0 atom stereocenters. The smallest absolute Gasteiger partial charge is 0.286 e. The van der Waals surface area contributed by atoms with Crippen LogP contribution in [0.25, 0.3) is 0 Å². The molecule has 0 bridgehead atoms. The molecule has 0 heterocycles. The Bertz CT molecular complexity index is 909. The van der Waals surface area contributed by atoms with E-state index in [-0.39, 0.29) is 35.2 Å². The number of methoxy groups -OCH3 is 1. The fourth-order valence-electron chi connectivity index (χ4n) is 2.61. The van der Waals surface area contributed by atoms with Gasteiger partial charge in [0.25, 0.3) is 17.5 Å². The van der Waals surface area contributed by atoms with Gasteiger partial charge in [0.2, 0.25) is 0 Å². The number of hydrogen-bond donors (Lipinski definition) is 1. The Balaban J connectivity index is 2.20. The number of nitrogens with one attached hydrogen (secondary N) is 1. The highest BCUT2D eigenvalue weighted by atomic mass is 16.6. The fraction of sp³-hybridized carbons (Fsp3) is 0.300. The van der Waals surface area contributed by atoms with Gasteiger partial charge in [-0.3, -0.25) is 19.7 Å². The Hall–Kier alpha value is -3.62. The van der Waals surface area contributed by atoms with Gasteiger partial charge in [0.15, 0.2) is 11.5 Å². The van der Waals surface area contributed by atoms with E-state index in [1.54, 1.807) is 45.3 Å². The van der Waals surface area contributed by atoms with Crippen molar-refractivity contribution in [2.75, 3.05) is 27.8 Å². The molecule has 0 saturated carbocycles. The monoisotopic (exact) mass is 401 g/mol. The summed E-state index contributed by atoms with van der Waals surface area (Å²) in [5.74, 6) is -0.319. The third kappa shape index (κ3) is 5.22. The highest BCUT2D eigenvalue weighted by molar-refractivity contribution is 5.99. The summed E-state index contributed by atoms with van der Waals surface area (Å²) >= 11 is 0. The van der Waals surface area contributed by atoms with Crippen LogP contribution in [0.5, 0.6) is 11.5 Å². The normalized spacial score (nSPS) is 10.2. The summed E-state index contributed by atoms with van der Waals surface area (Å²) < 4.78 is 10.5. The summed E-state index contributed by atoms with van der Waals surface area (Å²) in [6, 6.07) is 9.21. The lowest BCUT2D eigenvalue weighted by atomic mass is 10.1. The van der Waals surface area contributed by atoms with Crippen LogP contribution in [0.1, 0.15) is 33.2 Å². The van der Waals surface area contributed by atoms with Crippen LogP contribution in [0.15, 0.2) is 36.4 Å². The molecular formula is C20H23N3O6. The molecule has 0 unspecified atom stereocenters. The van der Waals surface area contributed by atoms with Gasteiger partial charge in [-0.1, -0.05) is 12.1 Å². The first kappa shape index (κ1) is 21.7. The van der Waals surface area contributed by atoms with Crippen molar-refractivity contribution < 1.29 is 24.0 Å². The summed E-state index contributed by atoms with van der Waals surface area (Å²) in [5.41, 5.74) is 0.764. The molecule has 29 heavy (non-hydrogen) atoms. The Morgan fingerprint density at radius 1 is 1.14 bits per heavy atom. The van der Waals surface area contributed by atoms with Gasteiger partial charge in [0.1, 0.15) is 5.56 Å². The molecule has 1 N–H and O–H groups in total. The minimum atomic E-state index is -0.644. The third-order valence-corrected chi connectivity index (χ3v) is 4.08. The molecule has 9 nitrogen and oxygen atoms in total. The predicted octanol–water partition coefficient (Wildman–Crippen LogP) is 2.63. The maximum Gasteiger partial charge on any atom is 0.286 e. The van der Waals surface area contributed by atoms with Crippen LogP contribution in [0.3, 0.4) is 0 Å². The zero-order valence-electron chi connectivity index (χ0n) is 16.7. The van der Waals surface area contributed by atoms with Crippen LogP contribution in [0, 0.1) is 10.1 Å². The van der Waals surface area contributed by atoms with Crippen LogP contribution >= 0.6 is 0 Å². The number of amides is 2. The number of nitro benzene ring substituents is 1. The minimum absolute atomic E-state index is 0.126. The van der Waals surface area contributed by atoms with Gasteiger partial charge >= 0.3 is 0 Å². The van der Waals surface area contributed by atoms with Gasteiger partial charge in [-0.2, -0.15) is 0 Å². The molecule has 154 valence electrons. The Morgan fingerprint density at radius 3 is 2.31 bits per heavy atom. The van der Waals surface area contributed by atoms with E-state index in [1.807, 2.05) is 0 Å². The number of ether oxygens (including phenoxy) is 2. The summed E-state index contributed by atoms with van der Waals surface area (Å²) in [6.45, 7) is 2.21. The van der Waals surface area contributed by atoms with E-state index in [1.165, 1.54) is 24.1 Å². The van der Waals surface area contributed by atoms with Crippen molar-refractivity contribution in [1.82, 2.24) is 10.2 Å². The Labute approximate surface area is 168 Å². The van der Waals surface area contributed by atoms with E-state index in [0.29, 0.717) is 12.2 Å². The summed E-state index contributed by atoms with van der Waals surface area (Å²) in [4.78, 5) is 36.7. The van der Waals surface area contributed by atoms with Crippen LogP contribution in [0.2, 0.25) is 0 Å². The molecule has 0 fully saturated rings. The van der Waals surface area contributed by atoms with Crippen molar-refractivity contribution in [2.24, 2.45) is 0 Å². The molecule has 2 amide bonds. The molecule has 0 aliphatic carbocycles. The lowest BCUT2D eigenvalue weighted by Crippen LogP contribution is -2.24. The SMILES string of the molecule is CCOc1cc(C(=O)NCc2ccc(C(=O)N(C)C)cc2)c([N+](=O)[O-])cc1OC. The van der Waals surface area contributed by atoms with Crippen LogP contribution in [-0.2, 0) is 6.54 Å². The van der Waals surface area contributed by atoms with Crippen molar-refractivity contribution >= 4 is 17.5 Å². The highest BCUT2D eigenvalue weighted by Crippen LogP contribution is 2.34. The minimum Gasteiger partial charge on any atom is -0.493 e. The predicted molar refractivity (Wildman–Crippen MR) is 106 cm³/mol. The first-order valence-electron chi connectivity index (χ1n) is 8.86. The third-order valence-electron chi connectivity index (χ3n) is 4.08. The average molecular weight is 401 g/mol. The van der Waals surface area contributed by atoms with E-state index >= 15 is 0 Å². The number of carbonyl (C=O) groups excluding carboxylic acids is 2. The molecular weight excluding hydrogens is 378 g/mol. The lowest BCUT2D eigenvalue weighted by molar-refractivity contribution is -0.385. The van der Waals surface area contributed by atoms with Crippen LogP contribution in [0.4, 0.5) is 5.69 Å². The molecule has 0 saturated heterocycles. The second-order valence-corrected chi connectivity index (χ2v) is 6.29. The highest BCUT2D eigenvalue weighted by Gasteiger charge is 2.24. The molecule has 0 aliphatic rings. The van der Waals surface area contributed by atoms with Gasteiger partial charge in [-0.15, -0.1) is 0 Å². The van der Waals surface area contributed by atoms with Crippen molar-refractivity contribution in [3.05, 3.63) is 63.2 Å². The molecule has 0 aromatic heterocycles. The molecule has 0 spiro atoms.